The van der Waals surface area contributed by atoms with Crippen molar-refractivity contribution in [3.05, 3.63) is 24.0 Å². The maximum absolute atomic E-state index is 11.5. The van der Waals surface area contributed by atoms with Gasteiger partial charge < -0.3 is 14.6 Å². The maximum Gasteiger partial charge on any atom is 0.325 e. The summed E-state index contributed by atoms with van der Waals surface area (Å²) in [7, 11) is 0. The molecule has 1 aromatic heterocycles. The summed E-state index contributed by atoms with van der Waals surface area (Å²) in [6.07, 6.45) is 5.87. The van der Waals surface area contributed by atoms with Gasteiger partial charge in [-0.05, 0) is 24.6 Å². The molecule has 0 saturated heterocycles. The molecule has 1 heterocycles. The molecule has 0 amide bonds. The third-order valence-electron chi connectivity index (χ3n) is 2.46. The number of nitrogens with one attached hydrogen (secondary N) is 1. The highest BCUT2D eigenvalue weighted by atomic mass is 16.5. The Hall–Kier alpha value is -1.29. The maximum atomic E-state index is 11.5. The Labute approximate surface area is 103 Å². The number of carbonyl (C=O) groups is 1. The first kappa shape index (κ1) is 13.8. The van der Waals surface area contributed by atoms with Gasteiger partial charge in [-0.15, -0.1) is 0 Å². The second kappa shape index (κ2) is 7.90. The van der Waals surface area contributed by atoms with Crippen molar-refractivity contribution in [1.29, 1.82) is 0 Å². The fraction of sp³-hybridized carbons (Fsp3) is 0.615. The van der Waals surface area contributed by atoms with Crippen LogP contribution in [0.4, 0.5) is 0 Å². The van der Waals surface area contributed by atoms with Crippen molar-refractivity contribution in [1.82, 2.24) is 9.88 Å². The van der Waals surface area contributed by atoms with Gasteiger partial charge >= 0.3 is 5.97 Å². The first-order chi connectivity index (χ1) is 8.26. The van der Waals surface area contributed by atoms with E-state index in [0.717, 1.165) is 25.9 Å². The quantitative estimate of drug-likeness (QED) is 0.556. The van der Waals surface area contributed by atoms with E-state index in [1.165, 1.54) is 5.56 Å². The summed E-state index contributed by atoms with van der Waals surface area (Å²) in [4.78, 5) is 11.5. The number of hydrogen-bond donors (Lipinski definition) is 1. The highest BCUT2D eigenvalue weighted by Crippen LogP contribution is 2.01. The van der Waals surface area contributed by atoms with Crippen LogP contribution in [0.2, 0.25) is 0 Å². The molecule has 0 unspecified atom stereocenters. The van der Waals surface area contributed by atoms with Gasteiger partial charge in [0, 0.05) is 18.9 Å². The van der Waals surface area contributed by atoms with Crippen molar-refractivity contribution in [2.45, 2.75) is 39.8 Å². The molecule has 0 saturated carbocycles. The fourth-order valence-corrected chi connectivity index (χ4v) is 1.49. The van der Waals surface area contributed by atoms with Crippen molar-refractivity contribution < 1.29 is 9.53 Å². The Morgan fingerprint density at radius 2 is 2.29 bits per heavy atom. The highest BCUT2D eigenvalue weighted by Gasteiger charge is 2.04. The zero-order chi connectivity index (χ0) is 12.5. The van der Waals surface area contributed by atoms with Gasteiger partial charge in [-0.3, -0.25) is 4.79 Å². The molecule has 0 bridgehead atoms. The predicted molar refractivity (Wildman–Crippen MR) is 67.7 cm³/mol. The molecule has 96 valence electrons. The minimum Gasteiger partial charge on any atom is -0.464 e. The molecule has 17 heavy (non-hydrogen) atoms. The van der Waals surface area contributed by atoms with Gasteiger partial charge in [0.2, 0.25) is 0 Å². The molecule has 0 fully saturated rings. The Balaban J connectivity index is 2.30. The lowest BCUT2D eigenvalue weighted by molar-refractivity contribution is -0.144. The summed E-state index contributed by atoms with van der Waals surface area (Å²) < 4.78 is 6.96. The molecular weight excluding hydrogens is 216 g/mol. The number of aromatic nitrogens is 1. The Morgan fingerprint density at radius 3 is 3.00 bits per heavy atom. The standard InChI is InChI=1S/C13H22N2O2/c1-3-5-8-17-13(16)11-15-7-6-12(10-15)9-14-4-2/h6-7,10,14H,3-5,8-9,11H2,1-2H3. The minimum atomic E-state index is -0.163. The van der Waals surface area contributed by atoms with Gasteiger partial charge in [0.15, 0.2) is 0 Å². The summed E-state index contributed by atoms with van der Waals surface area (Å²) in [6.45, 7) is 6.77. The Morgan fingerprint density at radius 1 is 1.47 bits per heavy atom. The molecule has 0 aliphatic rings. The number of carbonyl (C=O) groups excluding carboxylic acids is 1. The van der Waals surface area contributed by atoms with Crippen LogP contribution < -0.4 is 5.32 Å². The zero-order valence-electron chi connectivity index (χ0n) is 10.7. The van der Waals surface area contributed by atoms with E-state index in [2.05, 4.69) is 19.2 Å². The molecule has 0 atom stereocenters. The first-order valence-corrected chi connectivity index (χ1v) is 6.27. The third-order valence-corrected chi connectivity index (χ3v) is 2.46. The number of hydrogen-bond acceptors (Lipinski definition) is 3. The van der Waals surface area contributed by atoms with E-state index in [1.54, 1.807) is 0 Å². The molecule has 1 rings (SSSR count). The van der Waals surface area contributed by atoms with E-state index >= 15 is 0 Å². The van der Waals surface area contributed by atoms with E-state index in [9.17, 15) is 4.79 Å². The summed E-state index contributed by atoms with van der Waals surface area (Å²) in [6, 6.07) is 2.02. The molecular formula is C13H22N2O2. The molecule has 4 heteroatoms. The van der Waals surface area contributed by atoms with Crippen LogP contribution in [0.25, 0.3) is 0 Å². The fourth-order valence-electron chi connectivity index (χ4n) is 1.49. The van der Waals surface area contributed by atoms with Gasteiger partial charge in [-0.2, -0.15) is 0 Å². The second-order valence-electron chi connectivity index (χ2n) is 4.05. The summed E-state index contributed by atoms with van der Waals surface area (Å²) in [5.74, 6) is -0.163. The van der Waals surface area contributed by atoms with Gasteiger partial charge in [-0.1, -0.05) is 20.3 Å². The van der Waals surface area contributed by atoms with E-state index in [0.29, 0.717) is 13.2 Å². The first-order valence-electron chi connectivity index (χ1n) is 6.27. The van der Waals surface area contributed by atoms with Crippen LogP contribution in [-0.4, -0.2) is 23.7 Å². The summed E-state index contributed by atoms with van der Waals surface area (Å²) in [5, 5.41) is 3.24. The number of rotatable bonds is 8. The minimum absolute atomic E-state index is 0.163. The van der Waals surface area contributed by atoms with Crippen LogP contribution >= 0.6 is 0 Å². The zero-order valence-corrected chi connectivity index (χ0v) is 10.7. The topological polar surface area (TPSA) is 43.3 Å². The van der Waals surface area contributed by atoms with Gasteiger partial charge in [0.1, 0.15) is 6.54 Å². The Bertz CT molecular complexity index is 334. The average Bonchev–Trinajstić information content (AvgIpc) is 2.74. The van der Waals surface area contributed by atoms with Crippen molar-refractivity contribution in [3.8, 4) is 0 Å². The average molecular weight is 238 g/mol. The normalized spacial score (nSPS) is 10.5. The lowest BCUT2D eigenvalue weighted by Crippen LogP contribution is -2.13. The third kappa shape index (κ3) is 5.54. The summed E-state index contributed by atoms with van der Waals surface area (Å²) >= 11 is 0. The van der Waals surface area contributed by atoms with Crippen LogP contribution in [0.3, 0.4) is 0 Å². The van der Waals surface area contributed by atoms with Crippen molar-refractivity contribution in [2.75, 3.05) is 13.2 Å². The molecule has 4 nitrogen and oxygen atoms in total. The van der Waals surface area contributed by atoms with Crippen LogP contribution in [-0.2, 0) is 22.6 Å². The van der Waals surface area contributed by atoms with E-state index in [-0.39, 0.29) is 5.97 Å². The lowest BCUT2D eigenvalue weighted by atomic mass is 10.3. The largest absolute Gasteiger partial charge is 0.464 e. The number of esters is 1. The molecule has 1 aromatic rings. The van der Waals surface area contributed by atoms with Crippen molar-refractivity contribution in [2.24, 2.45) is 0 Å². The van der Waals surface area contributed by atoms with E-state index in [1.807, 2.05) is 23.0 Å². The lowest BCUT2D eigenvalue weighted by Gasteiger charge is -2.04. The van der Waals surface area contributed by atoms with Crippen molar-refractivity contribution in [3.63, 3.8) is 0 Å². The van der Waals surface area contributed by atoms with E-state index in [4.69, 9.17) is 4.74 Å². The number of ether oxygens (including phenoxy) is 1. The molecule has 0 aliphatic heterocycles. The van der Waals surface area contributed by atoms with Crippen LogP contribution in [0, 0.1) is 0 Å². The smallest absolute Gasteiger partial charge is 0.325 e. The molecule has 0 spiro atoms. The van der Waals surface area contributed by atoms with Gasteiger partial charge in [0.25, 0.3) is 0 Å². The molecule has 0 aliphatic carbocycles. The Kier molecular flexibility index (Phi) is 6.40. The second-order valence-corrected chi connectivity index (χ2v) is 4.05. The van der Waals surface area contributed by atoms with Crippen molar-refractivity contribution >= 4 is 5.97 Å². The van der Waals surface area contributed by atoms with Crippen LogP contribution in [0.1, 0.15) is 32.3 Å². The summed E-state index contributed by atoms with van der Waals surface area (Å²) in [5.41, 5.74) is 1.19. The highest BCUT2D eigenvalue weighted by molar-refractivity contribution is 5.69. The van der Waals surface area contributed by atoms with Crippen LogP contribution in [0.15, 0.2) is 18.5 Å². The number of nitrogens with zero attached hydrogens (tertiary/aromatic N) is 1. The molecule has 1 N–H and O–H groups in total. The number of unbranched alkanes of at least 4 members (excludes halogenated alkanes) is 1. The molecule has 0 aromatic carbocycles. The SMILES string of the molecule is CCCCOC(=O)Cn1ccc(CNCC)c1. The van der Waals surface area contributed by atoms with Gasteiger partial charge in [0.05, 0.1) is 6.61 Å². The molecule has 0 radical (unpaired) electrons. The van der Waals surface area contributed by atoms with E-state index < -0.39 is 0 Å². The van der Waals surface area contributed by atoms with Gasteiger partial charge in [-0.25, -0.2) is 0 Å². The monoisotopic (exact) mass is 238 g/mol. The van der Waals surface area contributed by atoms with Crippen LogP contribution in [0.5, 0.6) is 0 Å². The predicted octanol–water partition coefficient (Wildman–Crippen LogP) is 1.94.